The first kappa shape index (κ1) is 11.2. The standard InChI is InChI=1S/C12H10BrN5/c1-7-16-11-10(14-6-15-11)12(17-7)18-9-4-2-8(13)3-5-9/h2-6H,1H3,(H2,14,15,16,17,18). The van der Waals surface area contributed by atoms with Crippen molar-refractivity contribution < 1.29 is 0 Å². The molecule has 0 atom stereocenters. The molecule has 2 N–H and O–H groups in total. The number of aromatic amines is 1. The minimum Gasteiger partial charge on any atom is -0.340 e. The van der Waals surface area contributed by atoms with Crippen molar-refractivity contribution in [3.63, 3.8) is 0 Å². The Bertz CT molecular complexity index is 689. The Labute approximate surface area is 112 Å². The molecule has 0 saturated heterocycles. The molecule has 6 heteroatoms. The van der Waals surface area contributed by atoms with Gasteiger partial charge in [-0.3, -0.25) is 0 Å². The number of aryl methyl sites for hydroxylation is 1. The summed E-state index contributed by atoms with van der Waals surface area (Å²) in [5, 5.41) is 3.26. The molecule has 1 aromatic carbocycles. The summed E-state index contributed by atoms with van der Waals surface area (Å²) in [4.78, 5) is 15.8. The second kappa shape index (κ2) is 4.38. The van der Waals surface area contributed by atoms with E-state index in [2.05, 4.69) is 41.2 Å². The van der Waals surface area contributed by atoms with Crippen LogP contribution in [0.1, 0.15) is 5.82 Å². The largest absolute Gasteiger partial charge is 0.340 e. The molecule has 3 rings (SSSR count). The minimum atomic E-state index is 0.669. The molecular formula is C12H10BrN5. The average Bonchev–Trinajstić information content (AvgIpc) is 2.80. The summed E-state index contributed by atoms with van der Waals surface area (Å²) < 4.78 is 1.04. The molecule has 0 unspecified atom stereocenters. The number of nitrogens with one attached hydrogen (secondary N) is 2. The van der Waals surface area contributed by atoms with E-state index in [1.807, 2.05) is 31.2 Å². The van der Waals surface area contributed by atoms with E-state index in [9.17, 15) is 0 Å². The predicted octanol–water partition coefficient (Wildman–Crippen LogP) is 3.17. The molecule has 2 heterocycles. The fourth-order valence-corrected chi connectivity index (χ4v) is 1.97. The van der Waals surface area contributed by atoms with Gasteiger partial charge in [-0.05, 0) is 31.2 Å². The molecule has 3 aromatic rings. The van der Waals surface area contributed by atoms with Gasteiger partial charge in [0.05, 0.1) is 6.33 Å². The number of halogens is 1. The van der Waals surface area contributed by atoms with Gasteiger partial charge in [0.1, 0.15) is 11.3 Å². The van der Waals surface area contributed by atoms with Crippen LogP contribution in [-0.2, 0) is 0 Å². The van der Waals surface area contributed by atoms with Crippen molar-refractivity contribution in [1.82, 2.24) is 19.9 Å². The van der Waals surface area contributed by atoms with Crippen LogP contribution in [0.15, 0.2) is 35.1 Å². The third-order valence-electron chi connectivity index (χ3n) is 2.50. The van der Waals surface area contributed by atoms with E-state index in [-0.39, 0.29) is 0 Å². The van der Waals surface area contributed by atoms with Crippen LogP contribution in [0.3, 0.4) is 0 Å². The van der Waals surface area contributed by atoms with Crippen LogP contribution >= 0.6 is 15.9 Å². The second-order valence-electron chi connectivity index (χ2n) is 3.85. The second-order valence-corrected chi connectivity index (χ2v) is 4.77. The van der Waals surface area contributed by atoms with Gasteiger partial charge in [-0.15, -0.1) is 0 Å². The Morgan fingerprint density at radius 3 is 2.72 bits per heavy atom. The van der Waals surface area contributed by atoms with Crippen molar-refractivity contribution in [3.8, 4) is 0 Å². The fourth-order valence-electron chi connectivity index (χ4n) is 1.70. The van der Waals surface area contributed by atoms with E-state index in [1.165, 1.54) is 0 Å². The molecule has 2 aromatic heterocycles. The van der Waals surface area contributed by atoms with Crippen molar-refractivity contribution in [2.24, 2.45) is 0 Å². The molecule has 0 amide bonds. The summed E-state index contributed by atoms with van der Waals surface area (Å²) in [5.74, 6) is 1.42. The third kappa shape index (κ3) is 2.06. The van der Waals surface area contributed by atoms with Gasteiger partial charge >= 0.3 is 0 Å². The summed E-state index contributed by atoms with van der Waals surface area (Å²) in [6, 6.07) is 7.90. The van der Waals surface area contributed by atoms with Gasteiger partial charge in [-0.1, -0.05) is 15.9 Å². The number of fused-ring (bicyclic) bond motifs is 1. The molecule has 0 aliphatic rings. The van der Waals surface area contributed by atoms with Gasteiger partial charge in [0.15, 0.2) is 11.5 Å². The maximum Gasteiger partial charge on any atom is 0.183 e. The first-order chi connectivity index (χ1) is 8.72. The van der Waals surface area contributed by atoms with Gasteiger partial charge in [-0.25, -0.2) is 15.0 Å². The lowest BCUT2D eigenvalue weighted by molar-refractivity contribution is 1.08. The van der Waals surface area contributed by atoms with Gasteiger partial charge in [-0.2, -0.15) is 0 Å². The molecule has 0 spiro atoms. The Hall–Kier alpha value is -1.95. The molecule has 0 aliphatic carbocycles. The first-order valence-electron chi connectivity index (χ1n) is 5.43. The molecule has 5 nitrogen and oxygen atoms in total. The lowest BCUT2D eigenvalue weighted by atomic mass is 10.3. The van der Waals surface area contributed by atoms with E-state index in [4.69, 9.17) is 0 Å². The van der Waals surface area contributed by atoms with Gasteiger partial charge < -0.3 is 10.3 Å². The highest BCUT2D eigenvalue weighted by molar-refractivity contribution is 9.10. The maximum absolute atomic E-state index is 4.39. The first-order valence-corrected chi connectivity index (χ1v) is 6.22. The van der Waals surface area contributed by atoms with Crippen LogP contribution in [0, 0.1) is 6.92 Å². The van der Waals surface area contributed by atoms with Crippen LogP contribution in [-0.4, -0.2) is 19.9 Å². The summed E-state index contributed by atoms with van der Waals surface area (Å²) >= 11 is 3.41. The topological polar surface area (TPSA) is 66.5 Å². The van der Waals surface area contributed by atoms with Crippen LogP contribution in [0.25, 0.3) is 11.2 Å². The van der Waals surface area contributed by atoms with E-state index in [1.54, 1.807) is 6.33 Å². The molecule has 0 bridgehead atoms. The Morgan fingerprint density at radius 1 is 1.17 bits per heavy atom. The SMILES string of the molecule is Cc1nc(Nc2ccc(Br)cc2)c2[nH]cnc2n1. The van der Waals surface area contributed by atoms with Crippen LogP contribution in [0.2, 0.25) is 0 Å². The maximum atomic E-state index is 4.39. The highest BCUT2D eigenvalue weighted by atomic mass is 79.9. The molecule has 90 valence electrons. The van der Waals surface area contributed by atoms with Crippen LogP contribution < -0.4 is 5.32 Å². The molecule has 0 saturated carbocycles. The monoisotopic (exact) mass is 303 g/mol. The quantitative estimate of drug-likeness (QED) is 0.763. The number of imidazole rings is 1. The highest BCUT2D eigenvalue weighted by Gasteiger charge is 2.07. The highest BCUT2D eigenvalue weighted by Crippen LogP contribution is 2.22. The average molecular weight is 304 g/mol. The summed E-state index contributed by atoms with van der Waals surface area (Å²) in [7, 11) is 0. The summed E-state index contributed by atoms with van der Waals surface area (Å²) in [5.41, 5.74) is 2.44. The third-order valence-corrected chi connectivity index (χ3v) is 3.03. The van der Waals surface area contributed by atoms with Gasteiger partial charge in [0.2, 0.25) is 0 Å². The Kier molecular flexibility index (Phi) is 2.71. The van der Waals surface area contributed by atoms with Crippen molar-refractivity contribution in [3.05, 3.63) is 40.9 Å². The van der Waals surface area contributed by atoms with E-state index in [0.29, 0.717) is 11.5 Å². The predicted molar refractivity (Wildman–Crippen MR) is 73.8 cm³/mol. The van der Waals surface area contributed by atoms with E-state index in [0.717, 1.165) is 21.5 Å². The van der Waals surface area contributed by atoms with Gasteiger partial charge in [0.25, 0.3) is 0 Å². The smallest absolute Gasteiger partial charge is 0.183 e. The normalized spacial score (nSPS) is 10.8. The van der Waals surface area contributed by atoms with Crippen molar-refractivity contribution in [1.29, 1.82) is 0 Å². The number of anilines is 2. The molecule has 18 heavy (non-hydrogen) atoms. The van der Waals surface area contributed by atoms with Crippen molar-refractivity contribution in [2.45, 2.75) is 6.92 Å². The molecule has 0 aliphatic heterocycles. The van der Waals surface area contributed by atoms with Crippen LogP contribution in [0.4, 0.5) is 11.5 Å². The number of H-pyrrole nitrogens is 1. The van der Waals surface area contributed by atoms with Crippen LogP contribution in [0.5, 0.6) is 0 Å². The van der Waals surface area contributed by atoms with Crippen molar-refractivity contribution >= 4 is 38.6 Å². The number of hydrogen-bond donors (Lipinski definition) is 2. The number of nitrogens with zero attached hydrogens (tertiary/aromatic N) is 3. The van der Waals surface area contributed by atoms with Crippen molar-refractivity contribution in [2.75, 3.05) is 5.32 Å². The fraction of sp³-hybridized carbons (Fsp3) is 0.0833. The Balaban J connectivity index is 2.03. The zero-order chi connectivity index (χ0) is 12.5. The lowest BCUT2D eigenvalue weighted by Gasteiger charge is -2.07. The zero-order valence-electron chi connectivity index (χ0n) is 9.61. The Morgan fingerprint density at radius 2 is 1.94 bits per heavy atom. The van der Waals surface area contributed by atoms with E-state index < -0.39 is 0 Å². The van der Waals surface area contributed by atoms with E-state index >= 15 is 0 Å². The minimum absolute atomic E-state index is 0.669. The number of benzene rings is 1. The number of hydrogen-bond acceptors (Lipinski definition) is 4. The number of aromatic nitrogens is 4. The summed E-state index contributed by atoms with van der Waals surface area (Å²) in [6.45, 7) is 1.85. The summed E-state index contributed by atoms with van der Waals surface area (Å²) in [6.07, 6.45) is 1.62. The zero-order valence-corrected chi connectivity index (χ0v) is 11.2. The molecule has 0 fully saturated rings. The molecule has 0 radical (unpaired) electrons. The van der Waals surface area contributed by atoms with Gasteiger partial charge in [0, 0.05) is 10.2 Å². The number of rotatable bonds is 2. The molecular weight excluding hydrogens is 294 g/mol. The lowest BCUT2D eigenvalue weighted by Crippen LogP contribution is -1.98.